The number of aliphatic hydroxyl groups excluding tert-OH is 1. The number of likely N-dealkylation sites (tertiary alicyclic amines) is 1. The van der Waals surface area contributed by atoms with Crippen LogP contribution in [0.15, 0.2) is 0 Å². The van der Waals surface area contributed by atoms with Gasteiger partial charge in [0.15, 0.2) is 0 Å². The van der Waals surface area contributed by atoms with E-state index in [0.29, 0.717) is 0 Å². The van der Waals surface area contributed by atoms with Crippen molar-refractivity contribution >= 4 is 0 Å². The van der Waals surface area contributed by atoms with E-state index in [0.717, 1.165) is 11.8 Å². The third-order valence-electron chi connectivity index (χ3n) is 6.24. The Labute approximate surface area is 131 Å². The average molecular weight is 296 g/mol. The van der Waals surface area contributed by atoms with Crippen molar-refractivity contribution in [2.75, 3.05) is 33.3 Å². The molecule has 3 nitrogen and oxygen atoms in total. The minimum Gasteiger partial charge on any atom is -0.394 e. The molecule has 2 aliphatic rings. The van der Waals surface area contributed by atoms with Crippen molar-refractivity contribution in [3.8, 4) is 0 Å². The molecule has 0 bridgehead atoms. The maximum Gasteiger partial charge on any atom is 0.0610 e. The predicted octanol–water partition coefficient (Wildman–Crippen LogP) is 3.17. The highest BCUT2D eigenvalue weighted by Gasteiger charge is 2.35. The van der Waals surface area contributed by atoms with E-state index in [1.807, 2.05) is 7.05 Å². The molecule has 0 aromatic rings. The second-order valence-corrected chi connectivity index (χ2v) is 7.83. The number of nitrogens with one attached hydrogen (secondary N) is 1. The summed E-state index contributed by atoms with van der Waals surface area (Å²) in [5.74, 6) is 0. The maximum absolute atomic E-state index is 9.40. The van der Waals surface area contributed by atoms with Gasteiger partial charge >= 0.3 is 0 Å². The highest BCUT2D eigenvalue weighted by Crippen LogP contribution is 2.44. The van der Waals surface area contributed by atoms with Gasteiger partial charge in [0.25, 0.3) is 0 Å². The summed E-state index contributed by atoms with van der Waals surface area (Å²) in [6.45, 7) is 6.24. The highest BCUT2D eigenvalue weighted by atomic mass is 16.3. The molecule has 1 unspecified atom stereocenters. The van der Waals surface area contributed by atoms with Gasteiger partial charge in [-0.05, 0) is 77.5 Å². The Bertz CT molecular complexity index is 286. The topological polar surface area (TPSA) is 35.5 Å². The van der Waals surface area contributed by atoms with Gasteiger partial charge in [-0.2, -0.15) is 0 Å². The Morgan fingerprint density at radius 2 is 1.71 bits per heavy atom. The molecule has 1 saturated heterocycles. The molecule has 1 atom stereocenters. The number of hydrogen-bond donors (Lipinski definition) is 2. The summed E-state index contributed by atoms with van der Waals surface area (Å²) in [4.78, 5) is 2.68. The van der Waals surface area contributed by atoms with Gasteiger partial charge in [0.1, 0.15) is 0 Å². The summed E-state index contributed by atoms with van der Waals surface area (Å²) in [6, 6.07) is 0. The zero-order valence-corrected chi connectivity index (χ0v) is 14.3. The van der Waals surface area contributed by atoms with Gasteiger partial charge in [0, 0.05) is 5.54 Å². The minimum absolute atomic E-state index is 0.0892. The fourth-order valence-electron chi connectivity index (χ4n) is 4.19. The number of hydrogen-bond acceptors (Lipinski definition) is 3. The summed E-state index contributed by atoms with van der Waals surface area (Å²) in [7, 11) is 1.95. The largest absolute Gasteiger partial charge is 0.394 e. The lowest BCUT2D eigenvalue weighted by molar-refractivity contribution is 0.0663. The van der Waals surface area contributed by atoms with E-state index in [4.69, 9.17) is 0 Å². The molecule has 124 valence electrons. The SMILES string of the molecule is CNC(C)(CO)CCCCN1CCC2(CCCCC2)CC1. The first kappa shape index (κ1) is 17.2. The Balaban J connectivity index is 1.61. The van der Waals surface area contributed by atoms with Crippen LogP contribution in [0.25, 0.3) is 0 Å². The van der Waals surface area contributed by atoms with Crippen LogP contribution < -0.4 is 5.32 Å². The second kappa shape index (κ2) is 7.94. The van der Waals surface area contributed by atoms with Gasteiger partial charge in [0.05, 0.1) is 6.61 Å². The van der Waals surface area contributed by atoms with Crippen molar-refractivity contribution in [3.05, 3.63) is 0 Å². The van der Waals surface area contributed by atoms with E-state index in [1.165, 1.54) is 77.4 Å². The van der Waals surface area contributed by atoms with Crippen molar-refractivity contribution in [3.63, 3.8) is 0 Å². The number of rotatable bonds is 7. The molecule has 1 aliphatic carbocycles. The van der Waals surface area contributed by atoms with Crippen LogP contribution in [0.5, 0.6) is 0 Å². The highest BCUT2D eigenvalue weighted by molar-refractivity contribution is 4.88. The second-order valence-electron chi connectivity index (χ2n) is 7.83. The fourth-order valence-corrected chi connectivity index (χ4v) is 4.19. The Hall–Kier alpha value is -0.120. The normalized spacial score (nSPS) is 25.9. The van der Waals surface area contributed by atoms with Crippen molar-refractivity contribution in [1.82, 2.24) is 10.2 Å². The first-order valence-corrected chi connectivity index (χ1v) is 9.14. The zero-order valence-electron chi connectivity index (χ0n) is 14.3. The van der Waals surface area contributed by atoms with E-state index >= 15 is 0 Å². The van der Waals surface area contributed by atoms with E-state index in [9.17, 15) is 5.11 Å². The lowest BCUT2D eigenvalue weighted by Crippen LogP contribution is -2.43. The van der Waals surface area contributed by atoms with Gasteiger partial charge in [-0.1, -0.05) is 25.7 Å². The summed E-state index contributed by atoms with van der Waals surface area (Å²) < 4.78 is 0. The zero-order chi connectivity index (χ0) is 15.2. The Kier molecular flexibility index (Phi) is 6.51. The van der Waals surface area contributed by atoms with Crippen molar-refractivity contribution in [1.29, 1.82) is 0 Å². The fraction of sp³-hybridized carbons (Fsp3) is 1.00. The summed E-state index contributed by atoms with van der Waals surface area (Å²) in [5.41, 5.74) is 0.643. The average Bonchev–Trinajstić information content (AvgIpc) is 2.54. The molecular formula is C18H36N2O. The number of unbranched alkanes of at least 4 members (excludes halogenated alkanes) is 1. The van der Waals surface area contributed by atoms with E-state index in [1.54, 1.807) is 0 Å². The van der Waals surface area contributed by atoms with Crippen LogP contribution in [-0.2, 0) is 0 Å². The number of likely N-dealkylation sites (N-methyl/N-ethyl adjacent to an activating group) is 1. The monoisotopic (exact) mass is 296 g/mol. The summed E-state index contributed by atoms with van der Waals surface area (Å²) in [6.07, 6.45) is 13.8. The van der Waals surface area contributed by atoms with Gasteiger partial charge in [-0.15, -0.1) is 0 Å². The standard InChI is InChI=1S/C18H36N2O/c1-17(16-21,19-2)8-6-7-13-20-14-11-18(12-15-20)9-4-3-5-10-18/h19,21H,3-16H2,1-2H3. The van der Waals surface area contributed by atoms with Crippen molar-refractivity contribution < 1.29 is 5.11 Å². The summed E-state index contributed by atoms with van der Waals surface area (Å²) >= 11 is 0. The molecule has 1 spiro atoms. The van der Waals surface area contributed by atoms with Crippen molar-refractivity contribution in [2.24, 2.45) is 5.41 Å². The maximum atomic E-state index is 9.40. The van der Waals surface area contributed by atoms with Crippen LogP contribution in [0.4, 0.5) is 0 Å². The summed E-state index contributed by atoms with van der Waals surface area (Å²) in [5, 5.41) is 12.6. The van der Waals surface area contributed by atoms with Crippen LogP contribution in [0.3, 0.4) is 0 Å². The quantitative estimate of drug-likeness (QED) is 0.708. The van der Waals surface area contributed by atoms with Crippen LogP contribution in [0.2, 0.25) is 0 Å². The molecule has 21 heavy (non-hydrogen) atoms. The van der Waals surface area contributed by atoms with Crippen LogP contribution >= 0.6 is 0 Å². The number of piperidine rings is 1. The van der Waals surface area contributed by atoms with Crippen LogP contribution in [0, 0.1) is 5.41 Å². The molecule has 0 radical (unpaired) electrons. The molecule has 0 aromatic heterocycles. The number of nitrogens with zero attached hydrogens (tertiary/aromatic N) is 1. The Morgan fingerprint density at radius 3 is 2.29 bits per heavy atom. The van der Waals surface area contributed by atoms with Crippen LogP contribution in [-0.4, -0.2) is 48.8 Å². The Morgan fingerprint density at radius 1 is 1.05 bits per heavy atom. The molecule has 1 aliphatic heterocycles. The van der Waals surface area contributed by atoms with Gasteiger partial charge in [0.2, 0.25) is 0 Å². The van der Waals surface area contributed by atoms with Crippen molar-refractivity contribution in [2.45, 2.75) is 76.7 Å². The third-order valence-corrected chi connectivity index (χ3v) is 6.24. The molecule has 2 N–H and O–H groups in total. The molecule has 2 rings (SSSR count). The van der Waals surface area contributed by atoms with E-state index < -0.39 is 0 Å². The minimum atomic E-state index is -0.0892. The number of aliphatic hydroxyl groups is 1. The van der Waals surface area contributed by atoms with E-state index in [2.05, 4.69) is 17.1 Å². The molecular weight excluding hydrogens is 260 g/mol. The first-order chi connectivity index (χ1) is 10.1. The third kappa shape index (κ3) is 4.94. The van der Waals surface area contributed by atoms with E-state index in [-0.39, 0.29) is 12.1 Å². The molecule has 1 saturated carbocycles. The predicted molar refractivity (Wildman–Crippen MR) is 89.6 cm³/mol. The molecule has 3 heteroatoms. The van der Waals surface area contributed by atoms with Crippen LogP contribution in [0.1, 0.15) is 71.1 Å². The first-order valence-electron chi connectivity index (χ1n) is 9.14. The van der Waals surface area contributed by atoms with Gasteiger partial charge in [-0.25, -0.2) is 0 Å². The molecule has 0 amide bonds. The van der Waals surface area contributed by atoms with Gasteiger partial charge < -0.3 is 15.3 Å². The lowest BCUT2D eigenvalue weighted by Gasteiger charge is -2.44. The molecule has 1 heterocycles. The smallest absolute Gasteiger partial charge is 0.0610 e. The molecule has 2 fully saturated rings. The molecule has 0 aromatic carbocycles. The lowest BCUT2D eigenvalue weighted by atomic mass is 9.68. The van der Waals surface area contributed by atoms with Gasteiger partial charge in [-0.3, -0.25) is 0 Å².